The number of alkyl halides is 1. The van der Waals surface area contributed by atoms with E-state index >= 15 is 0 Å². The largest absolute Gasteiger partial charge is 0.464 e. The van der Waals surface area contributed by atoms with Crippen LogP contribution in [0.15, 0.2) is 30.3 Å². The van der Waals surface area contributed by atoms with Crippen LogP contribution in [-0.4, -0.2) is 28.7 Å². The van der Waals surface area contributed by atoms with Gasteiger partial charge in [-0.25, -0.2) is 0 Å². The summed E-state index contributed by atoms with van der Waals surface area (Å²) in [7, 11) is 0. The van der Waals surface area contributed by atoms with Crippen molar-refractivity contribution in [2.24, 2.45) is 0 Å². The average Bonchev–Trinajstić information content (AvgIpc) is 2.28. The van der Waals surface area contributed by atoms with Gasteiger partial charge in [0, 0.05) is 6.42 Å². The fourth-order valence-electron chi connectivity index (χ4n) is 1.28. The first-order valence-electron chi connectivity index (χ1n) is 5.48. The summed E-state index contributed by atoms with van der Waals surface area (Å²) in [5.74, 6) is -0.588. The van der Waals surface area contributed by atoms with Crippen LogP contribution in [0.2, 0.25) is 0 Å². The van der Waals surface area contributed by atoms with Gasteiger partial charge in [0.2, 0.25) is 0 Å². The van der Waals surface area contributed by atoms with Gasteiger partial charge < -0.3 is 9.84 Å². The maximum atomic E-state index is 11.5. The number of ether oxygens (including phenoxy) is 1. The van der Waals surface area contributed by atoms with Crippen LogP contribution in [0.25, 0.3) is 0 Å². The molecular weight excluding hydrogens is 240 g/mol. The number of esters is 1. The van der Waals surface area contributed by atoms with E-state index in [9.17, 15) is 9.90 Å². The van der Waals surface area contributed by atoms with Crippen LogP contribution in [-0.2, 0) is 16.0 Å². The molecule has 17 heavy (non-hydrogen) atoms. The molecule has 0 aromatic heterocycles. The van der Waals surface area contributed by atoms with Gasteiger partial charge in [-0.3, -0.25) is 4.79 Å². The van der Waals surface area contributed by atoms with E-state index in [0.29, 0.717) is 6.42 Å². The Morgan fingerprint density at radius 3 is 2.53 bits per heavy atom. The highest BCUT2D eigenvalue weighted by Crippen LogP contribution is 2.16. The second-order valence-electron chi connectivity index (χ2n) is 4.42. The van der Waals surface area contributed by atoms with Crippen molar-refractivity contribution in [2.45, 2.75) is 31.2 Å². The van der Waals surface area contributed by atoms with Crippen molar-refractivity contribution < 1.29 is 14.6 Å². The van der Waals surface area contributed by atoms with Gasteiger partial charge in [-0.15, -0.1) is 11.6 Å². The van der Waals surface area contributed by atoms with Gasteiger partial charge in [0.25, 0.3) is 0 Å². The molecule has 1 unspecified atom stereocenters. The first-order chi connectivity index (χ1) is 7.91. The zero-order chi connectivity index (χ0) is 12.9. The van der Waals surface area contributed by atoms with Crippen molar-refractivity contribution in [1.29, 1.82) is 0 Å². The van der Waals surface area contributed by atoms with E-state index in [1.807, 2.05) is 30.3 Å². The minimum absolute atomic E-state index is 0.266. The lowest BCUT2D eigenvalue weighted by atomic mass is 10.1. The molecule has 1 aromatic carbocycles. The lowest BCUT2D eigenvalue weighted by Gasteiger charge is -2.21. The SMILES string of the molecule is CC(C)(O)C(Cl)C(=O)OCCc1ccccc1. The highest BCUT2D eigenvalue weighted by Gasteiger charge is 2.32. The Morgan fingerprint density at radius 2 is 2.00 bits per heavy atom. The maximum Gasteiger partial charge on any atom is 0.327 e. The topological polar surface area (TPSA) is 46.5 Å². The van der Waals surface area contributed by atoms with Gasteiger partial charge in [-0.1, -0.05) is 30.3 Å². The molecule has 0 saturated carbocycles. The zero-order valence-corrected chi connectivity index (χ0v) is 10.8. The van der Waals surface area contributed by atoms with Crippen LogP contribution in [0.3, 0.4) is 0 Å². The number of carbonyl (C=O) groups excluding carboxylic acids is 1. The molecule has 94 valence electrons. The second-order valence-corrected chi connectivity index (χ2v) is 4.86. The monoisotopic (exact) mass is 256 g/mol. The molecule has 0 fully saturated rings. The molecule has 0 aliphatic heterocycles. The summed E-state index contributed by atoms with van der Waals surface area (Å²) in [6.45, 7) is 3.22. The van der Waals surface area contributed by atoms with Crippen molar-refractivity contribution in [2.75, 3.05) is 6.61 Å². The Hall–Kier alpha value is -1.06. The fourth-order valence-corrected chi connectivity index (χ4v) is 1.34. The van der Waals surface area contributed by atoms with Gasteiger partial charge >= 0.3 is 5.97 Å². The van der Waals surface area contributed by atoms with E-state index in [0.717, 1.165) is 5.56 Å². The third-order valence-corrected chi connectivity index (χ3v) is 3.02. The van der Waals surface area contributed by atoms with E-state index in [2.05, 4.69) is 0 Å². The molecule has 0 radical (unpaired) electrons. The average molecular weight is 257 g/mol. The molecule has 3 nitrogen and oxygen atoms in total. The van der Waals surface area contributed by atoms with Gasteiger partial charge in [0.1, 0.15) is 0 Å². The standard InChI is InChI=1S/C13H17ClO3/c1-13(2,16)11(14)12(15)17-9-8-10-6-4-3-5-7-10/h3-7,11,16H,8-9H2,1-2H3. The Balaban J connectivity index is 2.35. The maximum absolute atomic E-state index is 11.5. The van der Waals surface area contributed by atoms with E-state index < -0.39 is 16.9 Å². The Bertz CT molecular complexity index is 357. The summed E-state index contributed by atoms with van der Waals surface area (Å²) < 4.78 is 5.00. The summed E-state index contributed by atoms with van der Waals surface area (Å²) in [5, 5.41) is 8.50. The second kappa shape index (κ2) is 6.03. The van der Waals surface area contributed by atoms with Crippen LogP contribution < -0.4 is 0 Å². The molecule has 4 heteroatoms. The van der Waals surface area contributed by atoms with Gasteiger partial charge in [-0.2, -0.15) is 0 Å². The molecule has 0 bridgehead atoms. The Morgan fingerprint density at radius 1 is 1.41 bits per heavy atom. The zero-order valence-electron chi connectivity index (χ0n) is 10.0. The van der Waals surface area contributed by atoms with Gasteiger partial charge in [-0.05, 0) is 19.4 Å². The first-order valence-corrected chi connectivity index (χ1v) is 5.92. The first kappa shape index (κ1) is 14.0. The molecule has 0 aliphatic carbocycles. The Labute approximate surface area is 106 Å². The van der Waals surface area contributed by atoms with Gasteiger partial charge in [0.05, 0.1) is 12.2 Å². The molecular formula is C13H17ClO3. The summed E-state index contributed by atoms with van der Waals surface area (Å²) in [5.41, 5.74) is -0.180. The number of aliphatic hydroxyl groups is 1. The summed E-state index contributed by atoms with van der Waals surface area (Å²) in [6, 6.07) is 9.71. The quantitative estimate of drug-likeness (QED) is 0.649. The number of hydrogen-bond acceptors (Lipinski definition) is 3. The lowest BCUT2D eigenvalue weighted by molar-refractivity contribution is -0.147. The number of halogens is 1. The van der Waals surface area contributed by atoms with E-state index in [4.69, 9.17) is 16.3 Å². The minimum atomic E-state index is -1.27. The molecule has 1 aromatic rings. The van der Waals surface area contributed by atoms with Crippen LogP contribution in [0, 0.1) is 0 Å². The normalized spacial score (nSPS) is 13.2. The smallest absolute Gasteiger partial charge is 0.327 e. The number of rotatable bonds is 5. The van der Waals surface area contributed by atoms with E-state index in [-0.39, 0.29) is 6.61 Å². The van der Waals surface area contributed by atoms with E-state index in [1.165, 1.54) is 13.8 Å². The van der Waals surface area contributed by atoms with Crippen molar-refractivity contribution in [1.82, 2.24) is 0 Å². The molecule has 0 aliphatic rings. The van der Waals surface area contributed by atoms with Crippen molar-refractivity contribution in [3.05, 3.63) is 35.9 Å². The highest BCUT2D eigenvalue weighted by atomic mass is 35.5. The summed E-state index contributed by atoms with van der Waals surface area (Å²) in [4.78, 5) is 11.5. The van der Waals surface area contributed by atoms with E-state index in [1.54, 1.807) is 0 Å². The predicted molar refractivity (Wildman–Crippen MR) is 67.0 cm³/mol. The fraction of sp³-hybridized carbons (Fsp3) is 0.462. The third kappa shape index (κ3) is 4.75. The lowest BCUT2D eigenvalue weighted by Crippen LogP contribution is -2.39. The molecule has 0 heterocycles. The highest BCUT2D eigenvalue weighted by molar-refractivity contribution is 6.30. The molecule has 1 atom stereocenters. The van der Waals surface area contributed by atoms with Crippen LogP contribution in [0.5, 0.6) is 0 Å². The number of carbonyl (C=O) groups is 1. The van der Waals surface area contributed by atoms with Crippen LogP contribution in [0.1, 0.15) is 19.4 Å². The predicted octanol–water partition coefficient (Wildman–Crippen LogP) is 2.15. The molecule has 1 N–H and O–H groups in total. The molecule has 0 spiro atoms. The number of benzene rings is 1. The molecule has 0 amide bonds. The van der Waals surface area contributed by atoms with Gasteiger partial charge in [0.15, 0.2) is 5.38 Å². The van der Waals surface area contributed by atoms with Crippen molar-refractivity contribution in [3.8, 4) is 0 Å². The van der Waals surface area contributed by atoms with Crippen LogP contribution >= 0.6 is 11.6 Å². The minimum Gasteiger partial charge on any atom is -0.464 e. The summed E-state index contributed by atoms with van der Waals surface area (Å²) in [6.07, 6.45) is 0.641. The van der Waals surface area contributed by atoms with Crippen molar-refractivity contribution in [3.63, 3.8) is 0 Å². The Kier molecular flexibility index (Phi) is 4.97. The molecule has 1 rings (SSSR count). The number of hydrogen-bond donors (Lipinski definition) is 1. The summed E-state index contributed by atoms with van der Waals surface area (Å²) >= 11 is 5.76. The molecule has 0 saturated heterocycles. The third-order valence-electron chi connectivity index (χ3n) is 2.31. The van der Waals surface area contributed by atoms with Crippen molar-refractivity contribution >= 4 is 17.6 Å². The van der Waals surface area contributed by atoms with Crippen LogP contribution in [0.4, 0.5) is 0 Å².